The summed E-state index contributed by atoms with van der Waals surface area (Å²) in [7, 11) is -2.20. The second-order valence-corrected chi connectivity index (χ2v) is 8.10. The molecule has 1 aromatic carbocycles. The van der Waals surface area contributed by atoms with E-state index in [4.69, 9.17) is 9.47 Å². The number of aromatic nitrogens is 1. The summed E-state index contributed by atoms with van der Waals surface area (Å²) in [5.74, 6) is 0.476. The van der Waals surface area contributed by atoms with Gasteiger partial charge in [0, 0.05) is 18.2 Å². The molecule has 0 saturated carbocycles. The number of nitrogens with one attached hydrogen (secondary N) is 1. The fraction of sp³-hybridized carbons (Fsp3) is 0.400. The molecule has 1 heterocycles. The highest BCUT2D eigenvalue weighted by Crippen LogP contribution is 2.35. The van der Waals surface area contributed by atoms with Crippen molar-refractivity contribution in [1.82, 2.24) is 4.98 Å². The van der Waals surface area contributed by atoms with Gasteiger partial charge in [-0.1, -0.05) is 0 Å². The number of nitrogens with zero attached hydrogens (tertiary/aromatic N) is 1. The van der Waals surface area contributed by atoms with Crippen molar-refractivity contribution in [3.63, 3.8) is 0 Å². The lowest BCUT2D eigenvalue weighted by molar-refractivity contribution is 0.0516. The van der Waals surface area contributed by atoms with Crippen LogP contribution in [0.2, 0.25) is 0 Å². The third-order valence-electron chi connectivity index (χ3n) is 3.60. The SMILES string of the molecule is COCOc1cc2c(cc1NS(=O)(=O)c1nc(C)cs1)CCC2. The summed E-state index contributed by atoms with van der Waals surface area (Å²) in [6.45, 7) is 1.82. The summed E-state index contributed by atoms with van der Waals surface area (Å²) in [6, 6.07) is 3.75. The summed E-state index contributed by atoms with van der Waals surface area (Å²) in [4.78, 5) is 4.05. The van der Waals surface area contributed by atoms with Gasteiger partial charge in [0.15, 0.2) is 6.79 Å². The fourth-order valence-electron chi connectivity index (χ4n) is 2.57. The molecule has 1 aromatic heterocycles. The predicted octanol–water partition coefficient (Wildman–Crippen LogP) is 2.72. The number of methoxy groups -OCH3 is 1. The van der Waals surface area contributed by atoms with Gasteiger partial charge in [0.25, 0.3) is 10.0 Å². The fourth-order valence-corrected chi connectivity index (χ4v) is 4.66. The highest BCUT2D eigenvalue weighted by atomic mass is 32.2. The van der Waals surface area contributed by atoms with Crippen molar-refractivity contribution >= 4 is 27.0 Å². The molecule has 3 rings (SSSR count). The van der Waals surface area contributed by atoms with Gasteiger partial charge in [-0.3, -0.25) is 4.72 Å². The maximum absolute atomic E-state index is 12.5. The van der Waals surface area contributed by atoms with Gasteiger partial charge in [-0.25, -0.2) is 4.98 Å². The van der Waals surface area contributed by atoms with Crippen LogP contribution in [0.15, 0.2) is 21.9 Å². The van der Waals surface area contributed by atoms with Crippen LogP contribution in [0.5, 0.6) is 5.75 Å². The summed E-state index contributed by atoms with van der Waals surface area (Å²) < 4.78 is 38.1. The first kappa shape index (κ1) is 16.2. The number of fused-ring (bicyclic) bond motifs is 1. The number of benzene rings is 1. The number of anilines is 1. The normalized spacial score (nSPS) is 13.8. The van der Waals surface area contributed by atoms with Gasteiger partial charge in [-0.05, 0) is 49.4 Å². The second-order valence-electron chi connectivity index (χ2n) is 5.38. The molecule has 1 aliphatic rings. The van der Waals surface area contributed by atoms with Crippen LogP contribution in [-0.2, 0) is 27.6 Å². The minimum Gasteiger partial charge on any atom is -0.465 e. The van der Waals surface area contributed by atoms with E-state index in [-0.39, 0.29) is 11.1 Å². The lowest BCUT2D eigenvalue weighted by Gasteiger charge is -2.14. The maximum Gasteiger partial charge on any atom is 0.289 e. The van der Waals surface area contributed by atoms with E-state index in [1.807, 2.05) is 12.1 Å². The van der Waals surface area contributed by atoms with E-state index >= 15 is 0 Å². The van der Waals surface area contributed by atoms with Gasteiger partial charge >= 0.3 is 0 Å². The molecule has 6 nitrogen and oxygen atoms in total. The van der Waals surface area contributed by atoms with Crippen molar-refractivity contribution in [3.8, 4) is 5.75 Å². The van der Waals surface area contributed by atoms with Gasteiger partial charge in [0.1, 0.15) is 5.75 Å². The molecule has 2 aromatic rings. The third-order valence-corrected chi connectivity index (χ3v) is 6.34. The van der Waals surface area contributed by atoms with Crippen LogP contribution >= 0.6 is 11.3 Å². The van der Waals surface area contributed by atoms with Gasteiger partial charge in [0.05, 0.1) is 5.69 Å². The highest BCUT2D eigenvalue weighted by molar-refractivity contribution is 7.94. The molecule has 1 N–H and O–H groups in total. The van der Waals surface area contributed by atoms with E-state index in [1.54, 1.807) is 12.3 Å². The van der Waals surface area contributed by atoms with Crippen LogP contribution in [0.3, 0.4) is 0 Å². The smallest absolute Gasteiger partial charge is 0.289 e. The molecule has 124 valence electrons. The Labute approximate surface area is 139 Å². The van der Waals surface area contributed by atoms with Crippen LogP contribution in [0.25, 0.3) is 0 Å². The van der Waals surface area contributed by atoms with Crippen molar-refractivity contribution in [3.05, 3.63) is 34.3 Å². The molecule has 0 spiro atoms. The summed E-state index contributed by atoms with van der Waals surface area (Å²) in [5, 5.41) is 1.71. The Morgan fingerprint density at radius 1 is 1.30 bits per heavy atom. The van der Waals surface area contributed by atoms with E-state index in [2.05, 4.69) is 9.71 Å². The Hall–Kier alpha value is -1.64. The van der Waals surface area contributed by atoms with Crippen LogP contribution < -0.4 is 9.46 Å². The molecule has 23 heavy (non-hydrogen) atoms. The van der Waals surface area contributed by atoms with Crippen LogP contribution in [-0.4, -0.2) is 27.3 Å². The number of aryl methyl sites for hydroxylation is 3. The first-order chi connectivity index (χ1) is 11.0. The molecule has 0 fully saturated rings. The largest absolute Gasteiger partial charge is 0.465 e. The Balaban J connectivity index is 1.94. The summed E-state index contributed by atoms with van der Waals surface area (Å²) in [6.07, 6.45) is 3.00. The average Bonchev–Trinajstić information content (AvgIpc) is 3.13. The molecule has 0 atom stereocenters. The van der Waals surface area contributed by atoms with Crippen molar-refractivity contribution in [2.24, 2.45) is 0 Å². The Morgan fingerprint density at radius 3 is 2.70 bits per heavy atom. The topological polar surface area (TPSA) is 77.5 Å². The Morgan fingerprint density at radius 2 is 2.04 bits per heavy atom. The second kappa shape index (κ2) is 6.46. The van der Waals surface area contributed by atoms with E-state index < -0.39 is 10.0 Å². The molecule has 0 amide bonds. The molecular weight excluding hydrogens is 336 g/mol. The zero-order valence-electron chi connectivity index (χ0n) is 13.0. The maximum atomic E-state index is 12.5. The number of thiazole rings is 1. The van der Waals surface area contributed by atoms with Gasteiger partial charge < -0.3 is 9.47 Å². The molecule has 0 bridgehead atoms. The molecule has 0 radical (unpaired) electrons. The molecule has 0 saturated heterocycles. The van der Waals surface area contributed by atoms with Gasteiger partial charge in [0.2, 0.25) is 4.34 Å². The summed E-state index contributed by atoms with van der Waals surface area (Å²) in [5.41, 5.74) is 3.46. The van der Waals surface area contributed by atoms with Crippen molar-refractivity contribution in [2.45, 2.75) is 30.5 Å². The molecule has 8 heteroatoms. The van der Waals surface area contributed by atoms with Crippen LogP contribution in [0.4, 0.5) is 5.69 Å². The standard InChI is InChI=1S/C15H18N2O4S2/c1-10-8-22-15(16-10)23(18,19)17-13-6-11-4-3-5-12(11)7-14(13)21-9-20-2/h6-8,17H,3-5,9H2,1-2H3. The minimum absolute atomic E-state index is 0.0492. The molecule has 0 unspecified atom stereocenters. The van der Waals surface area contributed by atoms with Gasteiger partial charge in [-0.2, -0.15) is 8.42 Å². The predicted molar refractivity (Wildman–Crippen MR) is 88.6 cm³/mol. The van der Waals surface area contributed by atoms with Gasteiger partial charge in [-0.15, -0.1) is 11.3 Å². The Bertz CT molecular complexity index is 815. The molecule has 1 aliphatic carbocycles. The minimum atomic E-state index is -3.72. The summed E-state index contributed by atoms with van der Waals surface area (Å²) >= 11 is 1.10. The zero-order valence-corrected chi connectivity index (χ0v) is 14.6. The quantitative estimate of drug-likeness (QED) is 0.807. The monoisotopic (exact) mass is 354 g/mol. The van der Waals surface area contributed by atoms with E-state index in [1.165, 1.54) is 12.7 Å². The number of rotatable bonds is 6. The number of hydrogen-bond donors (Lipinski definition) is 1. The van der Waals surface area contributed by atoms with E-state index in [0.29, 0.717) is 17.1 Å². The lowest BCUT2D eigenvalue weighted by atomic mass is 10.1. The number of ether oxygens (including phenoxy) is 2. The van der Waals surface area contributed by atoms with E-state index in [0.717, 1.165) is 36.2 Å². The zero-order chi connectivity index (χ0) is 16.4. The first-order valence-corrected chi connectivity index (χ1v) is 9.58. The van der Waals surface area contributed by atoms with Crippen LogP contribution in [0, 0.1) is 6.92 Å². The molecule has 0 aliphatic heterocycles. The Kier molecular flexibility index (Phi) is 4.56. The molecular formula is C15H18N2O4S2. The van der Waals surface area contributed by atoms with E-state index in [9.17, 15) is 8.42 Å². The third kappa shape index (κ3) is 3.49. The van der Waals surface area contributed by atoms with Crippen molar-refractivity contribution < 1.29 is 17.9 Å². The number of hydrogen-bond acceptors (Lipinski definition) is 6. The van der Waals surface area contributed by atoms with Crippen molar-refractivity contribution in [1.29, 1.82) is 0 Å². The first-order valence-electron chi connectivity index (χ1n) is 7.22. The number of sulfonamides is 1. The average molecular weight is 354 g/mol. The van der Waals surface area contributed by atoms with Crippen LogP contribution in [0.1, 0.15) is 23.2 Å². The highest BCUT2D eigenvalue weighted by Gasteiger charge is 2.22. The van der Waals surface area contributed by atoms with Crippen molar-refractivity contribution in [2.75, 3.05) is 18.6 Å². The lowest BCUT2D eigenvalue weighted by Crippen LogP contribution is -2.14.